The van der Waals surface area contributed by atoms with E-state index in [0.717, 1.165) is 12.1 Å². The molecular formula is C15H21NO2. The number of ether oxygens (including phenoxy) is 1. The highest BCUT2D eigenvalue weighted by Gasteiger charge is 2.23. The molecule has 0 N–H and O–H groups in total. The zero-order chi connectivity index (χ0) is 13.1. The molecule has 1 aromatic rings. The predicted octanol–water partition coefficient (Wildman–Crippen LogP) is 2.67. The van der Waals surface area contributed by atoms with Gasteiger partial charge in [0.25, 0.3) is 0 Å². The molecule has 0 spiro atoms. The number of hydrogen-bond acceptors (Lipinski definition) is 3. The van der Waals surface area contributed by atoms with Crippen molar-refractivity contribution in [2.75, 3.05) is 20.2 Å². The third-order valence-corrected chi connectivity index (χ3v) is 3.69. The van der Waals surface area contributed by atoms with Crippen LogP contribution >= 0.6 is 0 Å². The fourth-order valence-corrected chi connectivity index (χ4v) is 2.53. The number of nitrogens with zero attached hydrogens (tertiary/aromatic N) is 1. The van der Waals surface area contributed by atoms with Gasteiger partial charge in [-0.15, -0.1) is 0 Å². The maximum absolute atomic E-state index is 12.3. The van der Waals surface area contributed by atoms with Gasteiger partial charge in [-0.05, 0) is 50.9 Å². The molecule has 0 radical (unpaired) electrons. The minimum Gasteiger partial charge on any atom is -0.496 e. The zero-order valence-electron chi connectivity index (χ0n) is 11.4. The molecule has 0 aliphatic carbocycles. The molecule has 1 fully saturated rings. The number of rotatable bonds is 4. The van der Waals surface area contributed by atoms with Crippen molar-refractivity contribution in [3.05, 3.63) is 29.3 Å². The number of carbonyl (C=O) groups excluding carboxylic acids is 1. The summed E-state index contributed by atoms with van der Waals surface area (Å²) in [5.41, 5.74) is 1.81. The summed E-state index contributed by atoms with van der Waals surface area (Å²) in [7, 11) is 1.62. The summed E-state index contributed by atoms with van der Waals surface area (Å²) in [4.78, 5) is 14.6. The van der Waals surface area contributed by atoms with Crippen LogP contribution < -0.4 is 4.74 Å². The highest BCUT2D eigenvalue weighted by Crippen LogP contribution is 2.22. The predicted molar refractivity (Wildman–Crippen MR) is 72.3 cm³/mol. The third-order valence-electron chi connectivity index (χ3n) is 3.69. The molecule has 18 heavy (non-hydrogen) atoms. The van der Waals surface area contributed by atoms with Crippen molar-refractivity contribution in [1.29, 1.82) is 0 Å². The highest BCUT2D eigenvalue weighted by atomic mass is 16.5. The molecule has 0 bridgehead atoms. The van der Waals surface area contributed by atoms with Crippen LogP contribution in [-0.2, 0) is 0 Å². The number of aryl methyl sites for hydroxylation is 1. The number of methoxy groups -OCH3 is 1. The number of Topliss-reactive ketones (excluding diaryl/α,β-unsaturated/α-hetero) is 1. The molecule has 0 aromatic heterocycles. The Morgan fingerprint density at radius 1 is 1.50 bits per heavy atom. The van der Waals surface area contributed by atoms with Gasteiger partial charge in [0, 0.05) is 6.04 Å². The van der Waals surface area contributed by atoms with Crippen LogP contribution in [0.4, 0.5) is 0 Å². The average Bonchev–Trinajstić information content (AvgIpc) is 2.74. The first-order valence-corrected chi connectivity index (χ1v) is 6.53. The average molecular weight is 247 g/mol. The summed E-state index contributed by atoms with van der Waals surface area (Å²) < 4.78 is 5.30. The van der Waals surface area contributed by atoms with Gasteiger partial charge in [-0.1, -0.05) is 6.07 Å². The molecular weight excluding hydrogens is 226 g/mol. The highest BCUT2D eigenvalue weighted by molar-refractivity contribution is 6.00. The summed E-state index contributed by atoms with van der Waals surface area (Å²) >= 11 is 0. The third kappa shape index (κ3) is 2.72. The molecule has 0 saturated carbocycles. The van der Waals surface area contributed by atoms with Crippen molar-refractivity contribution in [3.63, 3.8) is 0 Å². The summed E-state index contributed by atoms with van der Waals surface area (Å²) in [5.74, 6) is 0.840. The normalized spacial score (nSPS) is 20.1. The van der Waals surface area contributed by atoms with Crippen molar-refractivity contribution in [3.8, 4) is 5.75 Å². The van der Waals surface area contributed by atoms with E-state index in [2.05, 4.69) is 11.8 Å². The first-order chi connectivity index (χ1) is 8.61. The van der Waals surface area contributed by atoms with Crippen LogP contribution in [0, 0.1) is 6.92 Å². The van der Waals surface area contributed by atoms with Gasteiger partial charge in [0.1, 0.15) is 5.75 Å². The van der Waals surface area contributed by atoms with E-state index in [4.69, 9.17) is 4.74 Å². The minimum absolute atomic E-state index is 0.153. The summed E-state index contributed by atoms with van der Waals surface area (Å²) in [5, 5.41) is 0. The molecule has 1 aliphatic heterocycles. The number of hydrogen-bond donors (Lipinski definition) is 0. The van der Waals surface area contributed by atoms with Crippen LogP contribution in [0.3, 0.4) is 0 Å². The number of ketones is 1. The maximum Gasteiger partial charge on any atom is 0.180 e. The van der Waals surface area contributed by atoms with Gasteiger partial charge in [0.15, 0.2) is 5.78 Å². The smallest absolute Gasteiger partial charge is 0.180 e. The Balaban J connectivity index is 2.13. The minimum atomic E-state index is 0.153. The van der Waals surface area contributed by atoms with E-state index >= 15 is 0 Å². The second-order valence-electron chi connectivity index (χ2n) is 5.09. The van der Waals surface area contributed by atoms with Crippen molar-refractivity contribution < 1.29 is 9.53 Å². The van der Waals surface area contributed by atoms with E-state index in [-0.39, 0.29) is 5.78 Å². The van der Waals surface area contributed by atoms with Crippen molar-refractivity contribution >= 4 is 5.78 Å². The summed E-state index contributed by atoms with van der Waals surface area (Å²) in [6.07, 6.45) is 2.39. The van der Waals surface area contributed by atoms with Gasteiger partial charge < -0.3 is 4.74 Å². The topological polar surface area (TPSA) is 29.5 Å². The van der Waals surface area contributed by atoms with E-state index in [0.29, 0.717) is 23.9 Å². The molecule has 3 heteroatoms. The van der Waals surface area contributed by atoms with Crippen LogP contribution in [0.1, 0.15) is 35.7 Å². The quantitative estimate of drug-likeness (QED) is 0.766. The second kappa shape index (κ2) is 5.53. The number of benzene rings is 1. The fourth-order valence-electron chi connectivity index (χ4n) is 2.53. The van der Waals surface area contributed by atoms with E-state index in [9.17, 15) is 4.79 Å². The summed E-state index contributed by atoms with van der Waals surface area (Å²) in [6.45, 7) is 5.72. The lowest BCUT2D eigenvalue weighted by molar-refractivity contribution is 0.0923. The largest absolute Gasteiger partial charge is 0.496 e. The first-order valence-electron chi connectivity index (χ1n) is 6.53. The molecule has 1 atom stereocenters. The fraction of sp³-hybridized carbons (Fsp3) is 0.533. The molecule has 1 saturated heterocycles. The number of likely N-dealkylation sites (tertiary alicyclic amines) is 1. The van der Waals surface area contributed by atoms with Gasteiger partial charge in [0.2, 0.25) is 0 Å². The van der Waals surface area contributed by atoms with Gasteiger partial charge in [-0.3, -0.25) is 9.69 Å². The molecule has 1 heterocycles. The lowest BCUT2D eigenvalue weighted by Gasteiger charge is -2.20. The van der Waals surface area contributed by atoms with E-state index in [1.165, 1.54) is 12.8 Å². The maximum atomic E-state index is 12.3. The Labute approximate surface area is 109 Å². The SMILES string of the molecule is COc1cc(C)ccc1C(=O)CN1CCCC1C. The van der Waals surface area contributed by atoms with Gasteiger partial charge in [-0.2, -0.15) is 0 Å². The van der Waals surface area contributed by atoms with E-state index in [1.807, 2.05) is 25.1 Å². The van der Waals surface area contributed by atoms with Crippen LogP contribution in [0.25, 0.3) is 0 Å². The summed E-state index contributed by atoms with van der Waals surface area (Å²) in [6, 6.07) is 6.27. The Bertz CT molecular complexity index is 442. The molecule has 1 unspecified atom stereocenters. The van der Waals surface area contributed by atoms with Crippen LogP contribution in [-0.4, -0.2) is 36.9 Å². The van der Waals surface area contributed by atoms with E-state index < -0.39 is 0 Å². The van der Waals surface area contributed by atoms with Crippen LogP contribution in [0.5, 0.6) is 5.75 Å². The second-order valence-corrected chi connectivity index (χ2v) is 5.09. The van der Waals surface area contributed by atoms with Crippen molar-refractivity contribution in [2.45, 2.75) is 32.7 Å². The molecule has 1 aromatic carbocycles. The number of carbonyl (C=O) groups is 1. The molecule has 0 amide bonds. The van der Waals surface area contributed by atoms with Crippen molar-refractivity contribution in [1.82, 2.24) is 4.90 Å². The van der Waals surface area contributed by atoms with E-state index in [1.54, 1.807) is 7.11 Å². The molecule has 1 aliphatic rings. The van der Waals surface area contributed by atoms with Gasteiger partial charge in [-0.25, -0.2) is 0 Å². The van der Waals surface area contributed by atoms with Crippen LogP contribution in [0.2, 0.25) is 0 Å². The Kier molecular flexibility index (Phi) is 4.02. The lowest BCUT2D eigenvalue weighted by atomic mass is 10.1. The standard InChI is InChI=1S/C15H21NO2/c1-11-6-7-13(15(9-11)18-3)14(17)10-16-8-4-5-12(16)2/h6-7,9,12H,4-5,8,10H2,1-3H3. The Morgan fingerprint density at radius 2 is 2.28 bits per heavy atom. The van der Waals surface area contributed by atoms with Gasteiger partial charge >= 0.3 is 0 Å². The molecule has 98 valence electrons. The molecule has 3 nitrogen and oxygen atoms in total. The zero-order valence-corrected chi connectivity index (χ0v) is 11.4. The van der Waals surface area contributed by atoms with Crippen LogP contribution in [0.15, 0.2) is 18.2 Å². The Hall–Kier alpha value is -1.35. The van der Waals surface area contributed by atoms with Gasteiger partial charge in [0.05, 0.1) is 19.2 Å². The molecule has 2 rings (SSSR count). The lowest BCUT2D eigenvalue weighted by Crippen LogP contribution is -2.32. The Morgan fingerprint density at radius 3 is 2.89 bits per heavy atom. The first kappa shape index (κ1) is 13.1. The van der Waals surface area contributed by atoms with Crippen molar-refractivity contribution in [2.24, 2.45) is 0 Å². The monoisotopic (exact) mass is 247 g/mol.